The summed E-state index contributed by atoms with van der Waals surface area (Å²) in [5.74, 6) is 0.377. The van der Waals surface area contributed by atoms with Gasteiger partial charge in [0.2, 0.25) is 0 Å². The van der Waals surface area contributed by atoms with E-state index in [9.17, 15) is 4.79 Å². The third-order valence-electron chi connectivity index (χ3n) is 3.75. The first-order valence-corrected chi connectivity index (χ1v) is 8.51. The van der Waals surface area contributed by atoms with Crippen LogP contribution >= 0.6 is 15.9 Å². The van der Waals surface area contributed by atoms with E-state index in [0.717, 1.165) is 26.6 Å². The van der Waals surface area contributed by atoms with E-state index in [1.807, 2.05) is 48.5 Å². The van der Waals surface area contributed by atoms with E-state index in [-0.39, 0.29) is 0 Å². The van der Waals surface area contributed by atoms with Gasteiger partial charge in [-0.15, -0.1) is 0 Å². The Bertz CT molecular complexity index is 910. The topological polar surface area (TPSA) is 60.5 Å². The molecular weight excluding hydrogens is 384 g/mol. The van der Waals surface area contributed by atoms with Crippen molar-refractivity contribution in [3.05, 3.63) is 64.3 Å². The van der Waals surface area contributed by atoms with Crippen molar-refractivity contribution in [3.8, 4) is 5.75 Å². The Hall–Kier alpha value is -2.60. The molecule has 1 heterocycles. The summed E-state index contributed by atoms with van der Waals surface area (Å²) in [6, 6.07) is 15.7. The SMILES string of the molecule is COC(=O)Oc1c(C)nc2ccccc2c1NCc1ccc(Br)cc1. The average molecular weight is 401 g/mol. The molecule has 0 saturated heterocycles. The standard InChI is InChI=1S/C19H17BrN2O3/c1-12-18(25-19(23)24-2)17(15-5-3-4-6-16(15)22-12)21-11-13-7-9-14(20)10-8-13/h3-10H,11H2,1-2H3,(H,21,22). The summed E-state index contributed by atoms with van der Waals surface area (Å²) in [6.45, 7) is 2.38. The van der Waals surface area contributed by atoms with Crippen molar-refractivity contribution >= 4 is 38.7 Å². The van der Waals surface area contributed by atoms with Gasteiger partial charge in [0, 0.05) is 16.4 Å². The summed E-state index contributed by atoms with van der Waals surface area (Å²) in [5.41, 5.74) is 3.26. The van der Waals surface area contributed by atoms with Crippen LogP contribution < -0.4 is 10.1 Å². The lowest BCUT2D eigenvalue weighted by Gasteiger charge is -2.16. The second-order valence-corrected chi connectivity index (χ2v) is 6.37. The quantitative estimate of drug-likeness (QED) is 0.619. The number of anilines is 1. The summed E-state index contributed by atoms with van der Waals surface area (Å²) in [7, 11) is 1.28. The highest BCUT2D eigenvalue weighted by Crippen LogP contribution is 2.35. The van der Waals surface area contributed by atoms with Gasteiger partial charge < -0.3 is 14.8 Å². The fraction of sp³-hybridized carbons (Fsp3) is 0.158. The normalized spacial score (nSPS) is 10.5. The van der Waals surface area contributed by atoms with Crippen molar-refractivity contribution in [2.75, 3.05) is 12.4 Å². The van der Waals surface area contributed by atoms with E-state index in [0.29, 0.717) is 18.0 Å². The van der Waals surface area contributed by atoms with E-state index in [2.05, 4.69) is 31.0 Å². The first-order chi connectivity index (χ1) is 12.1. The van der Waals surface area contributed by atoms with E-state index >= 15 is 0 Å². The minimum absolute atomic E-state index is 0.377. The molecular formula is C19H17BrN2O3. The predicted molar refractivity (Wildman–Crippen MR) is 101 cm³/mol. The van der Waals surface area contributed by atoms with Crippen molar-refractivity contribution in [1.82, 2.24) is 4.98 Å². The Balaban J connectivity index is 2.01. The van der Waals surface area contributed by atoms with Crippen molar-refractivity contribution in [2.45, 2.75) is 13.5 Å². The van der Waals surface area contributed by atoms with Crippen molar-refractivity contribution in [3.63, 3.8) is 0 Å². The molecule has 0 saturated carbocycles. The van der Waals surface area contributed by atoms with Crippen LogP contribution in [0.15, 0.2) is 53.0 Å². The molecule has 0 aliphatic carbocycles. The van der Waals surface area contributed by atoms with Crippen LogP contribution in [0.4, 0.5) is 10.5 Å². The highest BCUT2D eigenvalue weighted by molar-refractivity contribution is 9.10. The van der Waals surface area contributed by atoms with Gasteiger partial charge >= 0.3 is 6.16 Å². The maximum absolute atomic E-state index is 11.6. The van der Waals surface area contributed by atoms with Gasteiger partial charge in [0.25, 0.3) is 0 Å². The minimum Gasteiger partial charge on any atom is -0.437 e. The highest BCUT2D eigenvalue weighted by atomic mass is 79.9. The Kier molecular flexibility index (Phi) is 5.19. The Morgan fingerprint density at radius 3 is 2.60 bits per heavy atom. The minimum atomic E-state index is -0.771. The summed E-state index contributed by atoms with van der Waals surface area (Å²) >= 11 is 3.43. The number of benzene rings is 2. The number of pyridine rings is 1. The first kappa shape index (κ1) is 17.2. The molecule has 3 aromatic rings. The van der Waals surface area contributed by atoms with Gasteiger partial charge in [0.05, 0.1) is 24.0 Å². The third kappa shape index (κ3) is 3.91. The van der Waals surface area contributed by atoms with Crippen LogP contribution in [0.25, 0.3) is 10.9 Å². The Morgan fingerprint density at radius 2 is 1.88 bits per heavy atom. The number of aromatic nitrogens is 1. The molecule has 0 radical (unpaired) electrons. The number of aryl methyl sites for hydroxylation is 1. The van der Waals surface area contributed by atoms with E-state index in [1.165, 1.54) is 7.11 Å². The number of fused-ring (bicyclic) bond motifs is 1. The molecule has 25 heavy (non-hydrogen) atoms. The number of halogens is 1. The third-order valence-corrected chi connectivity index (χ3v) is 4.28. The van der Waals surface area contributed by atoms with Crippen LogP contribution in [0.1, 0.15) is 11.3 Å². The molecule has 6 heteroatoms. The molecule has 0 aliphatic heterocycles. The summed E-state index contributed by atoms with van der Waals surface area (Å²) in [6.07, 6.45) is -0.771. The number of methoxy groups -OCH3 is 1. The summed E-state index contributed by atoms with van der Waals surface area (Å²) < 4.78 is 11.0. The molecule has 1 aromatic heterocycles. The largest absolute Gasteiger partial charge is 0.513 e. The fourth-order valence-corrected chi connectivity index (χ4v) is 2.80. The number of ether oxygens (including phenoxy) is 2. The number of hydrogen-bond donors (Lipinski definition) is 1. The predicted octanol–water partition coefficient (Wildman–Crippen LogP) is 5.06. The molecule has 1 N–H and O–H groups in total. The van der Waals surface area contributed by atoms with Gasteiger partial charge in [0.15, 0.2) is 5.75 Å². The summed E-state index contributed by atoms with van der Waals surface area (Å²) in [5, 5.41) is 4.25. The number of nitrogens with one attached hydrogen (secondary N) is 1. The highest BCUT2D eigenvalue weighted by Gasteiger charge is 2.17. The molecule has 0 fully saturated rings. The van der Waals surface area contributed by atoms with Crippen LogP contribution in [0.5, 0.6) is 5.75 Å². The number of rotatable bonds is 4. The molecule has 5 nitrogen and oxygen atoms in total. The lowest BCUT2D eigenvalue weighted by atomic mass is 10.1. The second kappa shape index (κ2) is 7.53. The van der Waals surface area contributed by atoms with Crippen LogP contribution in [0, 0.1) is 6.92 Å². The molecule has 0 bridgehead atoms. The smallest absolute Gasteiger partial charge is 0.437 e. The number of hydrogen-bond acceptors (Lipinski definition) is 5. The Labute approximate surface area is 154 Å². The number of carbonyl (C=O) groups is 1. The van der Waals surface area contributed by atoms with Gasteiger partial charge in [0.1, 0.15) is 0 Å². The monoisotopic (exact) mass is 400 g/mol. The lowest BCUT2D eigenvalue weighted by molar-refractivity contribution is 0.121. The number of carbonyl (C=O) groups excluding carboxylic acids is 1. The molecule has 3 rings (SSSR count). The maximum Gasteiger partial charge on any atom is 0.513 e. The molecule has 0 spiro atoms. The Morgan fingerprint density at radius 1 is 1.16 bits per heavy atom. The van der Waals surface area contributed by atoms with Crippen molar-refractivity contribution in [2.24, 2.45) is 0 Å². The van der Waals surface area contributed by atoms with Gasteiger partial charge in [-0.3, -0.25) is 0 Å². The van der Waals surface area contributed by atoms with Crippen LogP contribution in [-0.2, 0) is 11.3 Å². The van der Waals surface area contributed by atoms with Gasteiger partial charge in [-0.1, -0.05) is 46.3 Å². The van der Waals surface area contributed by atoms with Gasteiger partial charge in [-0.2, -0.15) is 0 Å². The van der Waals surface area contributed by atoms with Gasteiger partial charge in [-0.05, 0) is 30.7 Å². The fourth-order valence-electron chi connectivity index (χ4n) is 2.54. The average Bonchev–Trinajstić information content (AvgIpc) is 2.62. The first-order valence-electron chi connectivity index (χ1n) is 7.72. The molecule has 0 unspecified atom stereocenters. The van der Waals surface area contributed by atoms with Crippen molar-refractivity contribution in [1.29, 1.82) is 0 Å². The zero-order valence-corrected chi connectivity index (χ0v) is 15.5. The maximum atomic E-state index is 11.6. The number of nitrogens with zero attached hydrogens (tertiary/aromatic N) is 1. The zero-order chi connectivity index (χ0) is 17.8. The molecule has 0 aliphatic rings. The van der Waals surface area contributed by atoms with E-state index in [4.69, 9.17) is 4.74 Å². The lowest BCUT2D eigenvalue weighted by Crippen LogP contribution is -2.12. The van der Waals surface area contributed by atoms with Crippen LogP contribution in [-0.4, -0.2) is 18.2 Å². The van der Waals surface area contributed by atoms with Crippen molar-refractivity contribution < 1.29 is 14.3 Å². The second-order valence-electron chi connectivity index (χ2n) is 5.45. The number of para-hydroxylation sites is 1. The zero-order valence-electron chi connectivity index (χ0n) is 13.9. The molecule has 0 atom stereocenters. The van der Waals surface area contributed by atoms with E-state index < -0.39 is 6.16 Å². The molecule has 128 valence electrons. The van der Waals surface area contributed by atoms with E-state index in [1.54, 1.807) is 6.92 Å². The summed E-state index contributed by atoms with van der Waals surface area (Å²) in [4.78, 5) is 16.1. The molecule has 2 aromatic carbocycles. The van der Waals surface area contributed by atoms with Crippen LogP contribution in [0.2, 0.25) is 0 Å². The molecule has 0 amide bonds. The van der Waals surface area contributed by atoms with Crippen LogP contribution in [0.3, 0.4) is 0 Å². The van der Waals surface area contributed by atoms with Gasteiger partial charge in [-0.25, -0.2) is 9.78 Å².